The largest absolute Gasteiger partial charge is 0.309 e. The van der Waals surface area contributed by atoms with E-state index in [1.165, 1.54) is 6.20 Å². The molecule has 1 rings (SSSR count). The lowest BCUT2D eigenvalue weighted by Gasteiger charge is -2.00. The fourth-order valence-electron chi connectivity index (χ4n) is 0.633. The van der Waals surface area contributed by atoms with Crippen LogP contribution in [-0.2, 0) is 4.79 Å². The van der Waals surface area contributed by atoms with Crippen LogP contribution < -0.4 is 5.32 Å². The van der Waals surface area contributed by atoms with Gasteiger partial charge < -0.3 is 5.32 Å². The third-order valence-electron chi connectivity index (χ3n) is 1.17. The molecule has 64 valence electrons. The lowest BCUT2D eigenvalue weighted by Crippen LogP contribution is -2.13. The van der Waals surface area contributed by atoms with Crippen LogP contribution in [0.15, 0.2) is 12.4 Å². The van der Waals surface area contributed by atoms with E-state index in [1.807, 2.05) is 6.92 Å². The normalized spacial score (nSPS) is 9.50. The summed E-state index contributed by atoms with van der Waals surface area (Å²) < 4.78 is 0. The molecule has 0 aliphatic heterocycles. The number of carbonyl (C=O) groups is 1. The van der Waals surface area contributed by atoms with Gasteiger partial charge in [0.25, 0.3) is 0 Å². The number of aryl methyl sites for hydroxylation is 1. The van der Waals surface area contributed by atoms with Crippen molar-refractivity contribution in [1.82, 2.24) is 9.97 Å². The summed E-state index contributed by atoms with van der Waals surface area (Å²) >= 11 is 3.03. The van der Waals surface area contributed by atoms with Crippen molar-refractivity contribution in [2.45, 2.75) is 6.92 Å². The number of alkyl halides is 1. The number of anilines is 1. The molecule has 0 fully saturated rings. The summed E-state index contributed by atoms with van der Waals surface area (Å²) in [5.74, 6) is 0.346. The maximum Gasteiger partial charge on any atom is 0.236 e. The van der Waals surface area contributed by atoms with Gasteiger partial charge in [-0.1, -0.05) is 15.9 Å². The van der Waals surface area contributed by atoms with E-state index in [0.29, 0.717) is 5.82 Å². The van der Waals surface area contributed by atoms with Crippen molar-refractivity contribution >= 4 is 27.7 Å². The first-order chi connectivity index (χ1) is 5.72. The second-order valence-corrected chi connectivity index (χ2v) is 2.79. The SMILES string of the molecule is Cc1cnc(NC(=O)CBr)cn1. The Hall–Kier alpha value is -0.970. The van der Waals surface area contributed by atoms with Crippen LogP contribution in [0.5, 0.6) is 0 Å². The summed E-state index contributed by atoms with van der Waals surface area (Å²) in [4.78, 5) is 18.8. The molecule has 0 spiro atoms. The number of rotatable bonds is 2. The Bertz CT molecular complexity index is 272. The molecule has 12 heavy (non-hydrogen) atoms. The number of hydrogen-bond donors (Lipinski definition) is 1. The van der Waals surface area contributed by atoms with Gasteiger partial charge in [-0.25, -0.2) is 4.98 Å². The molecule has 0 saturated heterocycles. The van der Waals surface area contributed by atoms with Crippen molar-refractivity contribution in [3.05, 3.63) is 18.1 Å². The highest BCUT2D eigenvalue weighted by atomic mass is 79.9. The third-order valence-corrected chi connectivity index (χ3v) is 1.68. The topological polar surface area (TPSA) is 54.9 Å². The van der Waals surface area contributed by atoms with E-state index < -0.39 is 0 Å². The lowest BCUT2D eigenvalue weighted by atomic mass is 10.5. The maximum absolute atomic E-state index is 10.8. The average Bonchev–Trinajstić information content (AvgIpc) is 2.09. The average molecular weight is 230 g/mol. The van der Waals surface area contributed by atoms with Crippen molar-refractivity contribution in [3.8, 4) is 0 Å². The molecule has 1 aromatic heterocycles. The molecule has 0 atom stereocenters. The van der Waals surface area contributed by atoms with Gasteiger partial charge in [-0.3, -0.25) is 9.78 Å². The molecule has 0 aromatic carbocycles. The first kappa shape index (κ1) is 9.12. The molecule has 0 unspecified atom stereocenters. The molecular weight excluding hydrogens is 222 g/mol. The number of aromatic nitrogens is 2. The van der Waals surface area contributed by atoms with E-state index in [2.05, 4.69) is 31.2 Å². The summed E-state index contributed by atoms with van der Waals surface area (Å²) in [6.45, 7) is 1.84. The van der Waals surface area contributed by atoms with Crippen LogP contribution in [0.4, 0.5) is 5.82 Å². The Labute approximate surface area is 78.5 Å². The second-order valence-electron chi connectivity index (χ2n) is 2.22. The van der Waals surface area contributed by atoms with Gasteiger partial charge in [-0.2, -0.15) is 0 Å². The van der Waals surface area contributed by atoms with Crippen molar-refractivity contribution in [2.24, 2.45) is 0 Å². The number of hydrogen-bond acceptors (Lipinski definition) is 3. The number of nitrogens with one attached hydrogen (secondary N) is 1. The number of halogens is 1. The fourth-order valence-corrected chi connectivity index (χ4v) is 0.774. The molecule has 1 aromatic rings. The molecular formula is C7H8BrN3O. The van der Waals surface area contributed by atoms with Crippen LogP contribution in [0.25, 0.3) is 0 Å². The van der Waals surface area contributed by atoms with Gasteiger partial charge >= 0.3 is 0 Å². The summed E-state index contributed by atoms with van der Waals surface area (Å²) in [7, 11) is 0. The Morgan fingerprint density at radius 1 is 1.58 bits per heavy atom. The zero-order valence-corrected chi connectivity index (χ0v) is 8.13. The van der Waals surface area contributed by atoms with E-state index in [1.54, 1.807) is 6.20 Å². The minimum atomic E-state index is -0.131. The number of amides is 1. The highest BCUT2D eigenvalue weighted by Crippen LogP contribution is 1.99. The molecule has 0 aliphatic rings. The molecule has 1 amide bonds. The van der Waals surface area contributed by atoms with Crippen molar-refractivity contribution in [3.63, 3.8) is 0 Å². The Morgan fingerprint density at radius 3 is 2.83 bits per heavy atom. The number of nitrogens with zero attached hydrogens (tertiary/aromatic N) is 2. The van der Waals surface area contributed by atoms with Crippen LogP contribution in [-0.4, -0.2) is 21.2 Å². The van der Waals surface area contributed by atoms with Crippen LogP contribution in [0, 0.1) is 6.92 Å². The van der Waals surface area contributed by atoms with E-state index >= 15 is 0 Å². The van der Waals surface area contributed by atoms with Gasteiger partial charge in [0.2, 0.25) is 5.91 Å². The molecule has 0 bridgehead atoms. The van der Waals surface area contributed by atoms with Gasteiger partial charge in [0.15, 0.2) is 5.82 Å². The van der Waals surface area contributed by atoms with E-state index in [0.717, 1.165) is 5.69 Å². The van der Waals surface area contributed by atoms with Crippen LogP contribution >= 0.6 is 15.9 Å². The first-order valence-electron chi connectivity index (χ1n) is 3.37. The molecule has 1 N–H and O–H groups in total. The van der Waals surface area contributed by atoms with Crippen molar-refractivity contribution in [1.29, 1.82) is 0 Å². The smallest absolute Gasteiger partial charge is 0.236 e. The summed E-state index contributed by atoms with van der Waals surface area (Å²) in [5, 5.41) is 2.83. The van der Waals surface area contributed by atoms with Gasteiger partial charge in [0.05, 0.1) is 23.4 Å². The lowest BCUT2D eigenvalue weighted by molar-refractivity contribution is -0.113. The second kappa shape index (κ2) is 4.15. The zero-order chi connectivity index (χ0) is 8.97. The molecule has 4 nitrogen and oxygen atoms in total. The van der Waals surface area contributed by atoms with Crippen LogP contribution in [0.2, 0.25) is 0 Å². The summed E-state index contributed by atoms with van der Waals surface area (Å²) in [6, 6.07) is 0. The highest BCUT2D eigenvalue weighted by molar-refractivity contribution is 9.09. The molecule has 0 saturated carbocycles. The maximum atomic E-state index is 10.8. The van der Waals surface area contributed by atoms with E-state index in [4.69, 9.17) is 0 Å². The summed E-state index contributed by atoms with van der Waals surface area (Å²) in [5.41, 5.74) is 0.826. The van der Waals surface area contributed by atoms with Crippen LogP contribution in [0.1, 0.15) is 5.69 Å². The monoisotopic (exact) mass is 229 g/mol. The molecule has 5 heteroatoms. The Kier molecular flexibility index (Phi) is 3.16. The predicted octanol–water partition coefficient (Wildman–Crippen LogP) is 1.12. The molecule has 0 radical (unpaired) electrons. The molecule has 1 heterocycles. The first-order valence-corrected chi connectivity index (χ1v) is 4.49. The Balaban J connectivity index is 2.64. The van der Waals surface area contributed by atoms with Gasteiger partial charge in [0.1, 0.15) is 0 Å². The third kappa shape index (κ3) is 2.58. The van der Waals surface area contributed by atoms with Gasteiger partial charge in [0, 0.05) is 0 Å². The van der Waals surface area contributed by atoms with Gasteiger partial charge in [-0.05, 0) is 6.92 Å². The minimum Gasteiger partial charge on any atom is -0.309 e. The standard InChI is InChI=1S/C7H8BrN3O/c1-5-3-10-6(4-9-5)11-7(12)2-8/h3-4H,2H2,1H3,(H,10,11,12). The number of carbonyl (C=O) groups excluding carboxylic acids is 1. The predicted molar refractivity (Wildman–Crippen MR) is 49.2 cm³/mol. The highest BCUT2D eigenvalue weighted by Gasteiger charge is 1.99. The van der Waals surface area contributed by atoms with Crippen LogP contribution in [0.3, 0.4) is 0 Å². The summed E-state index contributed by atoms with van der Waals surface area (Å²) in [6.07, 6.45) is 3.12. The zero-order valence-electron chi connectivity index (χ0n) is 6.54. The quantitative estimate of drug-likeness (QED) is 0.774. The van der Waals surface area contributed by atoms with Gasteiger partial charge in [-0.15, -0.1) is 0 Å². The fraction of sp³-hybridized carbons (Fsp3) is 0.286. The Morgan fingerprint density at radius 2 is 2.33 bits per heavy atom. The van der Waals surface area contributed by atoms with Crippen molar-refractivity contribution < 1.29 is 4.79 Å². The minimum absolute atomic E-state index is 0.131. The molecule has 0 aliphatic carbocycles. The van der Waals surface area contributed by atoms with Crippen molar-refractivity contribution in [2.75, 3.05) is 10.6 Å². The van der Waals surface area contributed by atoms with E-state index in [-0.39, 0.29) is 11.2 Å². The van der Waals surface area contributed by atoms with E-state index in [9.17, 15) is 4.79 Å².